The number of pyridine rings is 1. The van der Waals surface area contributed by atoms with Crippen LogP contribution in [0.5, 0.6) is 5.88 Å². The first-order valence-electron chi connectivity index (χ1n) is 8.97. The lowest BCUT2D eigenvalue weighted by molar-refractivity contribution is -0.126. The number of halogens is 4. The molecule has 30 heavy (non-hydrogen) atoms. The zero-order valence-electron chi connectivity index (χ0n) is 15.7. The van der Waals surface area contributed by atoms with E-state index in [1.165, 1.54) is 35.4 Å². The van der Waals surface area contributed by atoms with Gasteiger partial charge >= 0.3 is 12.6 Å². The van der Waals surface area contributed by atoms with Crippen LogP contribution in [0.25, 0.3) is 0 Å². The van der Waals surface area contributed by atoms with Gasteiger partial charge in [-0.15, -0.1) is 0 Å². The molecule has 1 aromatic heterocycles. The second kappa shape index (κ2) is 9.21. The molecule has 0 spiro atoms. The average molecular weight is 443 g/mol. The number of amides is 3. The Labute approximate surface area is 175 Å². The fourth-order valence-electron chi connectivity index (χ4n) is 3.04. The summed E-state index contributed by atoms with van der Waals surface area (Å²) >= 11 is 5.89. The molecule has 2 atom stereocenters. The standard InChI is InChI=1S/C19H18ClF3N4O3/c1-10-17(28)24-6-7-27(10)19(29)26-16(11-2-4-14(21)13(20)8-11)12-3-5-15(25-9-12)30-18(22)23/h2-5,8-10,16,18H,6-7H2,1H3,(H,24,28)(H,26,29)/t10-,16?/m1/s1. The van der Waals surface area contributed by atoms with Gasteiger partial charge < -0.3 is 20.3 Å². The van der Waals surface area contributed by atoms with Crippen LogP contribution in [0.4, 0.5) is 18.0 Å². The predicted molar refractivity (Wildman–Crippen MR) is 102 cm³/mol. The third-order valence-corrected chi connectivity index (χ3v) is 4.90. The maximum Gasteiger partial charge on any atom is 0.388 e. The van der Waals surface area contributed by atoms with Crippen LogP contribution in [0, 0.1) is 5.82 Å². The molecule has 2 heterocycles. The van der Waals surface area contributed by atoms with Gasteiger partial charge in [0.2, 0.25) is 11.8 Å². The minimum Gasteiger partial charge on any atom is -0.417 e. The quantitative estimate of drug-likeness (QED) is 0.745. The molecule has 7 nitrogen and oxygen atoms in total. The number of nitrogens with one attached hydrogen (secondary N) is 2. The van der Waals surface area contributed by atoms with Gasteiger partial charge in [-0.2, -0.15) is 8.78 Å². The number of hydrogen-bond donors (Lipinski definition) is 2. The van der Waals surface area contributed by atoms with E-state index < -0.39 is 30.5 Å². The first kappa shape index (κ1) is 21.7. The fraction of sp³-hybridized carbons (Fsp3) is 0.316. The molecule has 1 aliphatic heterocycles. The van der Waals surface area contributed by atoms with Crippen molar-refractivity contribution < 1.29 is 27.5 Å². The molecule has 1 unspecified atom stereocenters. The van der Waals surface area contributed by atoms with Crippen LogP contribution in [0.1, 0.15) is 24.1 Å². The van der Waals surface area contributed by atoms with Crippen LogP contribution in [-0.4, -0.2) is 47.6 Å². The van der Waals surface area contributed by atoms with Gasteiger partial charge in [0.05, 0.1) is 11.1 Å². The number of carbonyl (C=O) groups excluding carboxylic acids is 2. The van der Waals surface area contributed by atoms with Crippen molar-refractivity contribution in [3.63, 3.8) is 0 Å². The van der Waals surface area contributed by atoms with E-state index in [1.54, 1.807) is 6.92 Å². The second-order valence-electron chi connectivity index (χ2n) is 6.52. The second-order valence-corrected chi connectivity index (χ2v) is 6.93. The summed E-state index contributed by atoms with van der Waals surface area (Å²) in [6, 6.07) is 4.55. The summed E-state index contributed by atoms with van der Waals surface area (Å²) in [5.74, 6) is -1.21. The first-order valence-corrected chi connectivity index (χ1v) is 9.34. The Hall–Kier alpha value is -3.01. The number of benzene rings is 1. The normalized spacial score (nSPS) is 17.5. The van der Waals surface area contributed by atoms with Gasteiger partial charge in [0, 0.05) is 25.4 Å². The maximum atomic E-state index is 13.6. The molecule has 11 heteroatoms. The largest absolute Gasteiger partial charge is 0.417 e. The Bertz CT molecular complexity index is 930. The van der Waals surface area contributed by atoms with Crippen LogP contribution >= 0.6 is 11.6 Å². The average Bonchev–Trinajstić information content (AvgIpc) is 2.70. The summed E-state index contributed by atoms with van der Waals surface area (Å²) in [4.78, 5) is 29.9. The van der Waals surface area contributed by atoms with E-state index in [0.717, 1.165) is 6.07 Å². The molecular formula is C19H18ClF3N4O3. The minimum atomic E-state index is -3.03. The van der Waals surface area contributed by atoms with Crippen LogP contribution < -0.4 is 15.4 Å². The molecule has 1 fully saturated rings. The Kier molecular flexibility index (Phi) is 6.66. The number of carbonyl (C=O) groups is 2. The monoisotopic (exact) mass is 442 g/mol. The Morgan fingerprint density at radius 1 is 1.33 bits per heavy atom. The van der Waals surface area contributed by atoms with Gasteiger partial charge in [-0.3, -0.25) is 4.79 Å². The molecule has 0 aliphatic carbocycles. The highest BCUT2D eigenvalue weighted by Gasteiger charge is 2.31. The van der Waals surface area contributed by atoms with E-state index >= 15 is 0 Å². The highest BCUT2D eigenvalue weighted by atomic mass is 35.5. The van der Waals surface area contributed by atoms with E-state index in [-0.39, 0.29) is 16.8 Å². The number of hydrogen-bond acceptors (Lipinski definition) is 4. The Morgan fingerprint density at radius 3 is 2.70 bits per heavy atom. The van der Waals surface area contributed by atoms with E-state index in [9.17, 15) is 22.8 Å². The lowest BCUT2D eigenvalue weighted by Crippen LogP contribution is -2.58. The topological polar surface area (TPSA) is 83.6 Å². The molecule has 2 aromatic rings. The van der Waals surface area contributed by atoms with Gasteiger partial charge in [0.1, 0.15) is 11.9 Å². The third kappa shape index (κ3) is 4.93. The molecule has 1 aliphatic rings. The van der Waals surface area contributed by atoms with Gasteiger partial charge in [-0.1, -0.05) is 17.7 Å². The smallest absolute Gasteiger partial charge is 0.388 e. The number of aromatic nitrogens is 1. The van der Waals surface area contributed by atoms with E-state index in [0.29, 0.717) is 24.2 Å². The van der Waals surface area contributed by atoms with Crippen LogP contribution in [-0.2, 0) is 4.79 Å². The van der Waals surface area contributed by atoms with Crippen molar-refractivity contribution in [1.29, 1.82) is 0 Å². The lowest BCUT2D eigenvalue weighted by atomic mass is 10.00. The van der Waals surface area contributed by atoms with Crippen molar-refractivity contribution in [2.24, 2.45) is 0 Å². The molecule has 0 radical (unpaired) electrons. The first-order chi connectivity index (χ1) is 14.3. The molecule has 2 N–H and O–H groups in total. The van der Waals surface area contributed by atoms with Crippen LogP contribution in [0.2, 0.25) is 5.02 Å². The van der Waals surface area contributed by atoms with Crippen molar-refractivity contribution in [2.75, 3.05) is 13.1 Å². The van der Waals surface area contributed by atoms with Crippen molar-refractivity contribution in [3.05, 3.63) is 58.5 Å². The van der Waals surface area contributed by atoms with Crippen molar-refractivity contribution in [2.45, 2.75) is 25.6 Å². The maximum absolute atomic E-state index is 13.6. The van der Waals surface area contributed by atoms with Gasteiger partial charge in [-0.25, -0.2) is 14.2 Å². The zero-order chi connectivity index (χ0) is 21.8. The highest BCUT2D eigenvalue weighted by Crippen LogP contribution is 2.27. The molecule has 0 bridgehead atoms. The third-order valence-electron chi connectivity index (χ3n) is 4.61. The summed E-state index contributed by atoms with van der Waals surface area (Å²) < 4.78 is 42.6. The molecule has 1 aromatic carbocycles. The SMILES string of the molecule is C[C@@H]1C(=O)NCCN1C(=O)NC(c1ccc(OC(F)F)nc1)c1ccc(F)c(Cl)c1. The summed E-state index contributed by atoms with van der Waals surface area (Å²) in [6.45, 7) is -0.822. The number of nitrogens with zero attached hydrogens (tertiary/aromatic N) is 2. The molecule has 3 amide bonds. The molecule has 3 rings (SSSR count). The Balaban J connectivity index is 1.90. The minimum absolute atomic E-state index is 0.150. The van der Waals surface area contributed by atoms with Crippen LogP contribution in [0.15, 0.2) is 36.5 Å². The van der Waals surface area contributed by atoms with Crippen molar-refractivity contribution in [3.8, 4) is 5.88 Å². The van der Waals surface area contributed by atoms with E-state index in [4.69, 9.17) is 11.6 Å². The predicted octanol–water partition coefficient (Wildman–Crippen LogP) is 3.09. The summed E-state index contributed by atoms with van der Waals surface area (Å²) in [7, 11) is 0. The highest BCUT2D eigenvalue weighted by molar-refractivity contribution is 6.30. The molecule has 1 saturated heterocycles. The summed E-state index contributed by atoms with van der Waals surface area (Å²) in [5, 5.41) is 5.29. The van der Waals surface area contributed by atoms with Gasteiger partial charge in [0.25, 0.3) is 0 Å². The molecular weight excluding hydrogens is 425 g/mol. The molecule has 0 saturated carbocycles. The number of alkyl halides is 2. The van der Waals surface area contributed by atoms with Crippen LogP contribution in [0.3, 0.4) is 0 Å². The van der Waals surface area contributed by atoms with E-state index in [1.807, 2.05) is 0 Å². The number of piperazine rings is 1. The number of ether oxygens (including phenoxy) is 1. The lowest BCUT2D eigenvalue weighted by Gasteiger charge is -2.34. The summed E-state index contributed by atoms with van der Waals surface area (Å²) in [6.07, 6.45) is 1.26. The van der Waals surface area contributed by atoms with Crippen molar-refractivity contribution in [1.82, 2.24) is 20.5 Å². The number of urea groups is 1. The fourth-order valence-corrected chi connectivity index (χ4v) is 3.23. The number of rotatable bonds is 5. The van der Waals surface area contributed by atoms with Gasteiger partial charge in [0.15, 0.2) is 0 Å². The van der Waals surface area contributed by atoms with Gasteiger partial charge in [-0.05, 0) is 36.2 Å². The molecule has 160 valence electrons. The Morgan fingerprint density at radius 2 is 2.07 bits per heavy atom. The zero-order valence-corrected chi connectivity index (χ0v) is 16.5. The van der Waals surface area contributed by atoms with E-state index in [2.05, 4.69) is 20.4 Å². The van der Waals surface area contributed by atoms with Crippen molar-refractivity contribution >= 4 is 23.5 Å². The summed E-state index contributed by atoms with van der Waals surface area (Å²) in [5.41, 5.74) is 0.856.